The number of hydrogen-bond donors (Lipinski definition) is 0. The van der Waals surface area contributed by atoms with Gasteiger partial charge in [-0.15, -0.1) is 0 Å². The Bertz CT molecular complexity index is 759. The molecule has 0 saturated heterocycles. The number of ether oxygens (including phenoxy) is 1. The molecule has 1 aromatic carbocycles. The summed E-state index contributed by atoms with van der Waals surface area (Å²) in [5, 5.41) is 0. The summed E-state index contributed by atoms with van der Waals surface area (Å²) in [4.78, 5) is 32.3. The summed E-state index contributed by atoms with van der Waals surface area (Å²) < 4.78 is 4.74. The fraction of sp³-hybridized carbons (Fsp3) is 0.316. The van der Waals surface area contributed by atoms with E-state index in [9.17, 15) is 9.59 Å². The molecule has 0 fully saturated rings. The van der Waals surface area contributed by atoms with Crippen molar-refractivity contribution in [2.75, 3.05) is 32.6 Å². The normalized spacial score (nSPS) is 10.2. The fourth-order valence-corrected chi connectivity index (χ4v) is 2.39. The van der Waals surface area contributed by atoms with Crippen molar-refractivity contribution in [2.45, 2.75) is 13.5 Å². The number of hydrogen-bond acceptors (Lipinski definition) is 5. The number of pyridine rings is 1. The highest BCUT2D eigenvalue weighted by molar-refractivity contribution is 5.96. The van der Waals surface area contributed by atoms with Gasteiger partial charge in [-0.2, -0.15) is 0 Å². The van der Waals surface area contributed by atoms with Gasteiger partial charge in [0.1, 0.15) is 12.4 Å². The van der Waals surface area contributed by atoms with Gasteiger partial charge in [0.15, 0.2) is 0 Å². The van der Waals surface area contributed by atoms with Gasteiger partial charge < -0.3 is 14.5 Å². The Kier molecular flexibility index (Phi) is 6.11. The summed E-state index contributed by atoms with van der Waals surface area (Å²) in [5.74, 6) is -0.0114. The number of nitrogens with zero attached hydrogens (tertiary/aromatic N) is 3. The maximum Gasteiger partial charge on any atom is 0.325 e. The minimum Gasteiger partial charge on any atom is -0.468 e. The molecule has 0 unspecified atom stereocenters. The zero-order valence-electron chi connectivity index (χ0n) is 15.0. The van der Waals surface area contributed by atoms with E-state index in [1.165, 1.54) is 12.0 Å². The second-order valence-corrected chi connectivity index (χ2v) is 5.96. The highest BCUT2D eigenvalue weighted by atomic mass is 16.5. The lowest BCUT2D eigenvalue weighted by Crippen LogP contribution is -2.36. The van der Waals surface area contributed by atoms with Crippen LogP contribution in [0.25, 0.3) is 0 Å². The Labute approximate surface area is 148 Å². The molecule has 2 aromatic rings. The first-order chi connectivity index (χ1) is 11.9. The molecule has 0 atom stereocenters. The van der Waals surface area contributed by atoms with Crippen LogP contribution in [0.3, 0.4) is 0 Å². The lowest BCUT2D eigenvalue weighted by Gasteiger charge is -2.23. The van der Waals surface area contributed by atoms with Crippen molar-refractivity contribution >= 4 is 17.7 Å². The molecule has 0 saturated carbocycles. The van der Waals surface area contributed by atoms with Crippen molar-refractivity contribution in [1.82, 2.24) is 9.88 Å². The number of carbonyl (C=O) groups excluding carboxylic acids is 2. The second-order valence-electron chi connectivity index (χ2n) is 5.96. The van der Waals surface area contributed by atoms with Crippen LogP contribution in [-0.4, -0.2) is 49.5 Å². The van der Waals surface area contributed by atoms with Crippen LogP contribution in [0.1, 0.15) is 21.5 Å². The Morgan fingerprint density at radius 2 is 1.88 bits per heavy atom. The number of carbonyl (C=O) groups is 2. The highest BCUT2D eigenvalue weighted by Crippen LogP contribution is 2.16. The zero-order chi connectivity index (χ0) is 18.4. The standard InChI is InChI=1S/C19H23N3O3/c1-14-7-5-6-8-16(14)12-22(13-18(23)25-4)19(24)15-9-10-20-17(11-15)21(2)3/h5-11H,12-13H2,1-4H3. The number of rotatable bonds is 6. The SMILES string of the molecule is COC(=O)CN(Cc1ccccc1C)C(=O)c1ccnc(N(C)C)c1. The van der Waals surface area contributed by atoms with Gasteiger partial charge in [0.25, 0.3) is 5.91 Å². The summed E-state index contributed by atoms with van der Waals surface area (Å²) >= 11 is 0. The molecule has 1 heterocycles. The Morgan fingerprint density at radius 3 is 2.52 bits per heavy atom. The summed E-state index contributed by atoms with van der Waals surface area (Å²) in [6.07, 6.45) is 1.59. The molecular weight excluding hydrogens is 318 g/mol. The Balaban J connectivity index is 2.31. The van der Waals surface area contributed by atoms with Gasteiger partial charge in [-0.3, -0.25) is 9.59 Å². The van der Waals surface area contributed by atoms with Gasteiger partial charge >= 0.3 is 5.97 Å². The average Bonchev–Trinajstić information content (AvgIpc) is 2.62. The molecule has 0 radical (unpaired) electrons. The van der Waals surface area contributed by atoms with E-state index >= 15 is 0 Å². The van der Waals surface area contributed by atoms with Crippen LogP contribution in [-0.2, 0) is 16.1 Å². The number of esters is 1. The highest BCUT2D eigenvalue weighted by Gasteiger charge is 2.21. The fourth-order valence-electron chi connectivity index (χ4n) is 2.39. The first-order valence-corrected chi connectivity index (χ1v) is 7.96. The first-order valence-electron chi connectivity index (χ1n) is 7.96. The van der Waals surface area contributed by atoms with Crippen molar-refractivity contribution in [1.29, 1.82) is 0 Å². The minimum absolute atomic E-state index is 0.108. The van der Waals surface area contributed by atoms with Crippen molar-refractivity contribution in [3.05, 3.63) is 59.3 Å². The van der Waals surface area contributed by atoms with E-state index in [2.05, 4.69) is 4.98 Å². The lowest BCUT2D eigenvalue weighted by atomic mass is 10.1. The molecule has 1 amide bonds. The van der Waals surface area contributed by atoms with Crippen LogP contribution >= 0.6 is 0 Å². The summed E-state index contributed by atoms with van der Waals surface area (Å²) in [6, 6.07) is 11.1. The van der Waals surface area contributed by atoms with Gasteiger partial charge in [-0.25, -0.2) is 4.98 Å². The molecule has 25 heavy (non-hydrogen) atoms. The van der Waals surface area contributed by atoms with Crippen LogP contribution in [0.4, 0.5) is 5.82 Å². The minimum atomic E-state index is -0.455. The van der Waals surface area contributed by atoms with E-state index in [1.807, 2.05) is 50.2 Å². The van der Waals surface area contributed by atoms with Crippen molar-refractivity contribution in [2.24, 2.45) is 0 Å². The van der Waals surface area contributed by atoms with E-state index in [0.29, 0.717) is 17.9 Å². The van der Waals surface area contributed by atoms with E-state index in [-0.39, 0.29) is 12.5 Å². The van der Waals surface area contributed by atoms with E-state index in [0.717, 1.165) is 11.1 Å². The molecule has 6 heteroatoms. The third kappa shape index (κ3) is 4.79. The van der Waals surface area contributed by atoms with Crippen molar-refractivity contribution < 1.29 is 14.3 Å². The monoisotopic (exact) mass is 341 g/mol. The molecule has 132 valence electrons. The number of anilines is 1. The number of methoxy groups -OCH3 is 1. The second kappa shape index (κ2) is 8.28. The number of amides is 1. The van der Waals surface area contributed by atoms with Gasteiger partial charge in [0, 0.05) is 32.4 Å². The van der Waals surface area contributed by atoms with Crippen molar-refractivity contribution in [3.8, 4) is 0 Å². The average molecular weight is 341 g/mol. The van der Waals surface area contributed by atoms with Gasteiger partial charge in [0.2, 0.25) is 0 Å². The van der Waals surface area contributed by atoms with Crippen LogP contribution in [0.2, 0.25) is 0 Å². The summed E-state index contributed by atoms with van der Waals surface area (Å²) in [7, 11) is 5.03. The molecule has 0 N–H and O–H groups in total. The maximum atomic E-state index is 13.0. The van der Waals surface area contributed by atoms with Crippen molar-refractivity contribution in [3.63, 3.8) is 0 Å². The third-order valence-corrected chi connectivity index (χ3v) is 3.91. The molecule has 0 spiro atoms. The third-order valence-electron chi connectivity index (χ3n) is 3.91. The van der Waals surface area contributed by atoms with Gasteiger partial charge in [-0.1, -0.05) is 24.3 Å². The summed E-state index contributed by atoms with van der Waals surface area (Å²) in [6.45, 7) is 2.20. The Hall–Kier alpha value is -2.89. The predicted molar refractivity (Wildman–Crippen MR) is 96.5 cm³/mol. The van der Waals surface area contributed by atoms with Crippen LogP contribution < -0.4 is 4.90 Å². The molecule has 0 aliphatic rings. The lowest BCUT2D eigenvalue weighted by molar-refractivity contribution is -0.141. The molecule has 2 rings (SSSR count). The first kappa shape index (κ1) is 18.4. The zero-order valence-corrected chi connectivity index (χ0v) is 15.0. The molecule has 0 aliphatic heterocycles. The predicted octanol–water partition coefficient (Wildman–Crippen LogP) is 2.27. The molecule has 0 aliphatic carbocycles. The van der Waals surface area contributed by atoms with Crippen LogP contribution in [0.15, 0.2) is 42.6 Å². The largest absolute Gasteiger partial charge is 0.468 e. The number of aryl methyl sites for hydroxylation is 1. The molecule has 6 nitrogen and oxygen atoms in total. The van der Waals surface area contributed by atoms with E-state index in [4.69, 9.17) is 4.74 Å². The molecule has 0 bridgehead atoms. The topological polar surface area (TPSA) is 62.7 Å². The van der Waals surface area contributed by atoms with E-state index < -0.39 is 5.97 Å². The number of aromatic nitrogens is 1. The quantitative estimate of drug-likeness (QED) is 0.754. The van der Waals surface area contributed by atoms with Gasteiger partial charge in [0.05, 0.1) is 7.11 Å². The Morgan fingerprint density at radius 1 is 1.16 bits per heavy atom. The smallest absolute Gasteiger partial charge is 0.325 e. The van der Waals surface area contributed by atoms with Crippen LogP contribution in [0.5, 0.6) is 0 Å². The van der Waals surface area contributed by atoms with Crippen LogP contribution in [0, 0.1) is 6.92 Å². The number of benzene rings is 1. The van der Waals surface area contributed by atoms with Gasteiger partial charge in [-0.05, 0) is 30.2 Å². The maximum absolute atomic E-state index is 13.0. The molecule has 1 aromatic heterocycles. The van der Waals surface area contributed by atoms with E-state index in [1.54, 1.807) is 18.3 Å². The summed E-state index contributed by atoms with van der Waals surface area (Å²) in [5.41, 5.74) is 2.53. The molecular formula is C19H23N3O3.